The number of thioether (sulfide) groups is 1. The summed E-state index contributed by atoms with van der Waals surface area (Å²) in [7, 11) is 0. The number of fused-ring (bicyclic) bond motifs is 1. The van der Waals surface area contributed by atoms with Gasteiger partial charge < -0.3 is 9.30 Å². The van der Waals surface area contributed by atoms with Crippen molar-refractivity contribution in [3.63, 3.8) is 0 Å². The maximum absolute atomic E-state index is 12.3. The molecule has 0 aliphatic carbocycles. The van der Waals surface area contributed by atoms with E-state index in [1.807, 2.05) is 13.8 Å². The third kappa shape index (κ3) is 3.81. The molecule has 144 valence electrons. The number of nitrogens with zero attached hydrogens (tertiary/aromatic N) is 5. The summed E-state index contributed by atoms with van der Waals surface area (Å²) < 4.78 is 9.43. The van der Waals surface area contributed by atoms with Gasteiger partial charge in [0.2, 0.25) is 4.96 Å². The van der Waals surface area contributed by atoms with Crippen LogP contribution in [0.4, 0.5) is 0 Å². The fourth-order valence-corrected chi connectivity index (χ4v) is 5.04. The summed E-state index contributed by atoms with van der Waals surface area (Å²) in [5, 5.41) is 6.18. The molecule has 1 unspecified atom stereocenters. The molecule has 9 heteroatoms. The molecule has 7 nitrogen and oxygen atoms in total. The van der Waals surface area contributed by atoms with Crippen molar-refractivity contribution in [3.05, 3.63) is 38.5 Å². The van der Waals surface area contributed by atoms with Crippen molar-refractivity contribution in [1.29, 1.82) is 0 Å². The summed E-state index contributed by atoms with van der Waals surface area (Å²) in [6.07, 6.45) is 3.29. The molecular weight excluding hydrogens is 382 g/mol. The number of rotatable bonds is 6. The number of aryl methyl sites for hydroxylation is 2. The van der Waals surface area contributed by atoms with E-state index < -0.39 is 0 Å². The molecule has 1 saturated heterocycles. The molecule has 3 aromatic rings. The van der Waals surface area contributed by atoms with Crippen LogP contribution in [0.15, 0.2) is 16.0 Å². The van der Waals surface area contributed by atoms with E-state index in [1.165, 1.54) is 21.5 Å². The first kappa shape index (κ1) is 18.6. The summed E-state index contributed by atoms with van der Waals surface area (Å²) in [6.45, 7) is 7.84. The molecule has 0 spiro atoms. The first-order chi connectivity index (χ1) is 13.0. The lowest BCUT2D eigenvalue weighted by molar-refractivity contribution is 0.0945. The molecule has 4 rings (SSSR count). The van der Waals surface area contributed by atoms with E-state index in [0.717, 1.165) is 54.0 Å². The number of hydrogen-bond donors (Lipinski definition) is 0. The van der Waals surface area contributed by atoms with Crippen molar-refractivity contribution < 1.29 is 4.74 Å². The Morgan fingerprint density at radius 2 is 2.22 bits per heavy atom. The zero-order valence-electron chi connectivity index (χ0n) is 15.8. The monoisotopic (exact) mass is 405 g/mol. The van der Waals surface area contributed by atoms with Crippen molar-refractivity contribution in [3.8, 4) is 0 Å². The normalized spacial score (nSPS) is 17.2. The molecule has 1 fully saturated rings. The van der Waals surface area contributed by atoms with Crippen LogP contribution < -0.4 is 5.56 Å². The Labute approximate surface area is 165 Å². The minimum absolute atomic E-state index is 0.124. The van der Waals surface area contributed by atoms with Gasteiger partial charge in [0, 0.05) is 24.1 Å². The molecule has 0 amide bonds. The summed E-state index contributed by atoms with van der Waals surface area (Å²) >= 11 is 3.09. The molecule has 4 heterocycles. The van der Waals surface area contributed by atoms with E-state index in [0.29, 0.717) is 10.7 Å². The smallest absolute Gasteiger partial charge is 0.275 e. The van der Waals surface area contributed by atoms with Crippen LogP contribution >= 0.6 is 23.1 Å². The largest absolute Gasteiger partial charge is 0.376 e. The Balaban J connectivity index is 1.55. The fourth-order valence-electron chi connectivity index (χ4n) is 3.19. The predicted molar refractivity (Wildman–Crippen MR) is 107 cm³/mol. The van der Waals surface area contributed by atoms with E-state index in [1.54, 1.807) is 17.8 Å². The van der Waals surface area contributed by atoms with Gasteiger partial charge in [-0.3, -0.25) is 4.79 Å². The van der Waals surface area contributed by atoms with Crippen molar-refractivity contribution in [1.82, 2.24) is 24.1 Å². The van der Waals surface area contributed by atoms with Crippen LogP contribution in [0.2, 0.25) is 0 Å². The molecule has 1 aliphatic rings. The van der Waals surface area contributed by atoms with Gasteiger partial charge in [-0.15, -0.1) is 0 Å². The van der Waals surface area contributed by atoms with Gasteiger partial charge in [0.15, 0.2) is 5.16 Å². The van der Waals surface area contributed by atoms with Crippen molar-refractivity contribution in [2.75, 3.05) is 6.61 Å². The van der Waals surface area contributed by atoms with E-state index in [-0.39, 0.29) is 11.7 Å². The maximum Gasteiger partial charge on any atom is 0.275 e. The summed E-state index contributed by atoms with van der Waals surface area (Å²) in [5.41, 5.74) is 2.85. The lowest BCUT2D eigenvalue weighted by Crippen LogP contribution is -2.17. The average molecular weight is 406 g/mol. The Kier molecular flexibility index (Phi) is 5.34. The van der Waals surface area contributed by atoms with Gasteiger partial charge in [0.05, 0.1) is 24.0 Å². The quantitative estimate of drug-likeness (QED) is 0.587. The summed E-state index contributed by atoms with van der Waals surface area (Å²) in [6, 6.07) is 1.58. The average Bonchev–Trinajstić information content (AvgIpc) is 3.36. The Hall–Kier alpha value is -1.71. The predicted octanol–water partition coefficient (Wildman–Crippen LogP) is 3.00. The molecular formula is C18H23N5O2S2. The number of hydrogen-bond acceptors (Lipinski definition) is 7. The van der Waals surface area contributed by atoms with E-state index in [2.05, 4.69) is 21.6 Å². The SMILES string of the molecule is CCc1nn2c(=O)cc(CSc3nc(C)c(C)n3CC3CCCO3)nc2s1. The van der Waals surface area contributed by atoms with Gasteiger partial charge in [0.25, 0.3) is 5.56 Å². The van der Waals surface area contributed by atoms with Crippen LogP contribution in [0.1, 0.15) is 41.9 Å². The molecule has 27 heavy (non-hydrogen) atoms. The van der Waals surface area contributed by atoms with Gasteiger partial charge in [-0.1, -0.05) is 30.0 Å². The standard InChI is InChI=1S/C18H23N5O2S2/c1-4-15-21-23-16(24)8-13(20-18(23)27-15)10-26-17-19-11(2)12(3)22(17)9-14-6-5-7-25-14/h8,14H,4-7,9-10H2,1-3H3. The van der Waals surface area contributed by atoms with Crippen LogP contribution in [0.5, 0.6) is 0 Å². The van der Waals surface area contributed by atoms with Crippen LogP contribution in [0.25, 0.3) is 4.96 Å². The Morgan fingerprint density at radius 3 is 2.96 bits per heavy atom. The highest BCUT2D eigenvalue weighted by molar-refractivity contribution is 7.98. The maximum atomic E-state index is 12.3. The topological polar surface area (TPSA) is 74.3 Å². The van der Waals surface area contributed by atoms with Gasteiger partial charge in [-0.05, 0) is 33.1 Å². The van der Waals surface area contributed by atoms with Gasteiger partial charge >= 0.3 is 0 Å². The first-order valence-corrected chi connectivity index (χ1v) is 11.0. The molecule has 1 aliphatic heterocycles. The lowest BCUT2D eigenvalue weighted by Gasteiger charge is -2.14. The molecule has 0 bridgehead atoms. The number of ether oxygens (including phenoxy) is 1. The second kappa shape index (κ2) is 7.73. The zero-order valence-corrected chi connectivity index (χ0v) is 17.4. The van der Waals surface area contributed by atoms with Crippen molar-refractivity contribution in [2.45, 2.75) is 63.6 Å². The summed E-state index contributed by atoms with van der Waals surface area (Å²) in [5.74, 6) is 0.604. The van der Waals surface area contributed by atoms with E-state index in [9.17, 15) is 4.79 Å². The highest BCUT2D eigenvalue weighted by atomic mass is 32.2. The van der Waals surface area contributed by atoms with Gasteiger partial charge in [0.1, 0.15) is 5.01 Å². The van der Waals surface area contributed by atoms with Crippen molar-refractivity contribution >= 4 is 28.1 Å². The fraction of sp³-hybridized carbons (Fsp3) is 0.556. The second-order valence-electron chi connectivity index (χ2n) is 6.73. The highest BCUT2D eigenvalue weighted by Gasteiger charge is 2.20. The third-order valence-corrected chi connectivity index (χ3v) is 6.89. The second-order valence-corrected chi connectivity index (χ2v) is 8.71. The van der Waals surface area contributed by atoms with E-state index in [4.69, 9.17) is 9.72 Å². The molecule has 0 saturated carbocycles. The number of aromatic nitrogens is 5. The minimum Gasteiger partial charge on any atom is -0.376 e. The molecule has 1 atom stereocenters. The van der Waals surface area contributed by atoms with Crippen LogP contribution in [-0.4, -0.2) is 36.9 Å². The Morgan fingerprint density at radius 1 is 1.37 bits per heavy atom. The number of imidazole rings is 1. The van der Waals surface area contributed by atoms with Crippen LogP contribution in [0.3, 0.4) is 0 Å². The molecule has 0 radical (unpaired) electrons. The summed E-state index contributed by atoms with van der Waals surface area (Å²) in [4.78, 5) is 22.3. The Bertz CT molecular complexity index is 1020. The minimum atomic E-state index is -0.124. The van der Waals surface area contributed by atoms with Gasteiger partial charge in [-0.2, -0.15) is 9.61 Å². The lowest BCUT2D eigenvalue weighted by atomic mass is 10.2. The molecule has 3 aromatic heterocycles. The third-order valence-electron chi connectivity index (χ3n) is 4.82. The van der Waals surface area contributed by atoms with Gasteiger partial charge in [-0.25, -0.2) is 9.97 Å². The molecule has 0 N–H and O–H groups in total. The molecule has 0 aromatic carbocycles. The van der Waals surface area contributed by atoms with Crippen LogP contribution in [0, 0.1) is 13.8 Å². The van der Waals surface area contributed by atoms with Crippen LogP contribution in [-0.2, 0) is 23.5 Å². The van der Waals surface area contributed by atoms with E-state index >= 15 is 0 Å². The first-order valence-electron chi connectivity index (χ1n) is 9.22. The van der Waals surface area contributed by atoms with Crippen molar-refractivity contribution in [2.24, 2.45) is 0 Å². The zero-order chi connectivity index (χ0) is 19.0. The highest BCUT2D eigenvalue weighted by Crippen LogP contribution is 2.26.